The molecular weight excluding hydrogens is 294 g/mol. The predicted octanol–water partition coefficient (Wildman–Crippen LogP) is 0.0645. The van der Waals surface area contributed by atoms with E-state index in [1.807, 2.05) is 12.1 Å². The summed E-state index contributed by atoms with van der Waals surface area (Å²) in [5.41, 5.74) is 1.67. The first-order valence-electron chi connectivity index (χ1n) is 8.75. The Morgan fingerprint density at radius 3 is 2.18 bits per heavy atom. The first kappa shape index (κ1) is 16.1. The minimum atomic E-state index is 0. The number of phenolic OH excluding ortho intramolecular Hbond substituents is 1. The lowest BCUT2D eigenvalue weighted by molar-refractivity contribution is -0.717. The second-order valence-corrected chi connectivity index (χ2v) is 8.14. The van der Waals surface area contributed by atoms with E-state index in [0.29, 0.717) is 17.2 Å². The maximum absolute atomic E-state index is 9.94. The van der Waals surface area contributed by atoms with Crippen LogP contribution < -0.4 is 17.7 Å². The van der Waals surface area contributed by atoms with Crippen LogP contribution in [0.5, 0.6) is 5.75 Å². The molecule has 3 heteroatoms. The molecule has 4 bridgehead atoms. The van der Waals surface area contributed by atoms with Crippen LogP contribution in [0.2, 0.25) is 0 Å². The van der Waals surface area contributed by atoms with E-state index < -0.39 is 0 Å². The Labute approximate surface area is 140 Å². The number of nitrogens with two attached hydrogens (primary N) is 1. The molecular formula is C19H28ClNO. The Kier molecular flexibility index (Phi) is 4.44. The van der Waals surface area contributed by atoms with Gasteiger partial charge in [-0.1, -0.05) is 12.1 Å². The van der Waals surface area contributed by atoms with Crippen LogP contribution in [-0.4, -0.2) is 11.1 Å². The number of para-hydroxylation sites is 1. The zero-order valence-corrected chi connectivity index (χ0v) is 14.2. The van der Waals surface area contributed by atoms with Gasteiger partial charge in [0.2, 0.25) is 0 Å². The normalized spacial score (nSPS) is 36.9. The number of phenols is 1. The zero-order valence-electron chi connectivity index (χ0n) is 13.5. The van der Waals surface area contributed by atoms with Gasteiger partial charge in [0.15, 0.2) is 0 Å². The summed E-state index contributed by atoms with van der Waals surface area (Å²) >= 11 is 0. The molecule has 4 saturated carbocycles. The van der Waals surface area contributed by atoms with Gasteiger partial charge in [0.1, 0.15) is 12.3 Å². The molecule has 0 radical (unpaired) electrons. The Bertz CT molecular complexity index is 495. The van der Waals surface area contributed by atoms with Gasteiger partial charge in [-0.2, -0.15) is 0 Å². The summed E-state index contributed by atoms with van der Waals surface area (Å²) in [6.07, 6.45) is 8.97. The summed E-state index contributed by atoms with van der Waals surface area (Å²) in [7, 11) is 0. The number of rotatable bonds is 4. The van der Waals surface area contributed by atoms with Crippen molar-refractivity contribution >= 4 is 0 Å². The molecule has 0 aliphatic heterocycles. The fourth-order valence-corrected chi connectivity index (χ4v) is 5.97. The van der Waals surface area contributed by atoms with Crippen LogP contribution in [-0.2, 0) is 6.54 Å². The number of hydrogen-bond acceptors (Lipinski definition) is 1. The molecule has 4 aliphatic rings. The highest BCUT2D eigenvalue weighted by molar-refractivity contribution is 5.30. The fraction of sp³-hybridized carbons (Fsp3) is 0.684. The van der Waals surface area contributed by atoms with Crippen LogP contribution >= 0.6 is 0 Å². The van der Waals surface area contributed by atoms with Crippen molar-refractivity contribution in [1.29, 1.82) is 0 Å². The third-order valence-corrected chi connectivity index (χ3v) is 6.73. The monoisotopic (exact) mass is 321 g/mol. The Balaban J connectivity index is 0.00000144. The average Bonchev–Trinajstić information content (AvgIpc) is 2.44. The molecule has 0 heterocycles. The lowest BCUT2D eigenvalue weighted by Gasteiger charge is -2.57. The highest BCUT2D eigenvalue weighted by Crippen LogP contribution is 2.60. The standard InChI is InChI=1S/C19H27NO.ClH/c1-13(20-12-17-4-2-3-5-18(17)21)19-9-14-6-15(10-19)8-16(7-14)11-19;/h2-5,13-16,20-21H,6-12H2,1H3;1H. The fourth-order valence-electron chi connectivity index (χ4n) is 5.97. The number of quaternary nitrogens is 1. The summed E-state index contributed by atoms with van der Waals surface area (Å²) in [6, 6.07) is 8.47. The van der Waals surface area contributed by atoms with E-state index in [0.717, 1.165) is 29.9 Å². The van der Waals surface area contributed by atoms with E-state index >= 15 is 0 Å². The first-order valence-corrected chi connectivity index (χ1v) is 8.75. The molecule has 4 aliphatic carbocycles. The van der Waals surface area contributed by atoms with Gasteiger partial charge < -0.3 is 22.8 Å². The molecule has 2 nitrogen and oxygen atoms in total. The molecule has 1 aromatic rings. The van der Waals surface area contributed by atoms with Crippen molar-refractivity contribution in [2.24, 2.45) is 23.2 Å². The summed E-state index contributed by atoms with van der Waals surface area (Å²) < 4.78 is 0. The lowest BCUT2D eigenvalue weighted by Crippen LogP contribution is -3.00. The molecule has 0 amide bonds. The summed E-state index contributed by atoms with van der Waals surface area (Å²) in [5, 5.41) is 12.4. The van der Waals surface area contributed by atoms with Crippen molar-refractivity contribution in [2.75, 3.05) is 0 Å². The first-order chi connectivity index (χ1) is 10.1. The lowest BCUT2D eigenvalue weighted by atomic mass is 9.48. The van der Waals surface area contributed by atoms with Crippen molar-refractivity contribution in [3.05, 3.63) is 29.8 Å². The Morgan fingerprint density at radius 1 is 1.09 bits per heavy atom. The van der Waals surface area contributed by atoms with Crippen LogP contribution in [0, 0.1) is 23.2 Å². The van der Waals surface area contributed by atoms with Gasteiger partial charge in [0, 0.05) is 11.0 Å². The third-order valence-electron chi connectivity index (χ3n) is 6.73. The highest BCUT2D eigenvalue weighted by Gasteiger charge is 2.54. The third kappa shape index (κ3) is 2.76. The zero-order chi connectivity index (χ0) is 14.4. The molecule has 22 heavy (non-hydrogen) atoms. The van der Waals surface area contributed by atoms with Gasteiger partial charge in [-0.25, -0.2) is 0 Å². The molecule has 122 valence electrons. The van der Waals surface area contributed by atoms with Crippen LogP contribution in [0.15, 0.2) is 24.3 Å². The van der Waals surface area contributed by atoms with Crippen molar-refractivity contribution in [3.8, 4) is 5.75 Å². The second-order valence-electron chi connectivity index (χ2n) is 8.14. The largest absolute Gasteiger partial charge is 1.00 e. The number of hydrogen-bond donors (Lipinski definition) is 2. The van der Waals surface area contributed by atoms with Gasteiger partial charge in [0.25, 0.3) is 0 Å². The Morgan fingerprint density at radius 2 is 1.64 bits per heavy atom. The van der Waals surface area contributed by atoms with E-state index in [1.165, 1.54) is 38.5 Å². The van der Waals surface area contributed by atoms with Gasteiger partial charge in [-0.3, -0.25) is 0 Å². The van der Waals surface area contributed by atoms with Gasteiger partial charge in [-0.15, -0.1) is 0 Å². The summed E-state index contributed by atoms with van der Waals surface area (Å²) in [5.74, 6) is 3.53. The summed E-state index contributed by atoms with van der Waals surface area (Å²) in [4.78, 5) is 0. The quantitative estimate of drug-likeness (QED) is 0.809. The van der Waals surface area contributed by atoms with Crippen molar-refractivity contribution in [3.63, 3.8) is 0 Å². The van der Waals surface area contributed by atoms with Crippen molar-refractivity contribution in [2.45, 2.75) is 58.0 Å². The van der Waals surface area contributed by atoms with E-state index in [-0.39, 0.29) is 12.4 Å². The molecule has 4 fully saturated rings. The Hall–Kier alpha value is -0.730. The SMILES string of the molecule is CC([NH2+]Cc1ccccc1O)C12CC3CC(CC(C3)C1)C2.[Cl-]. The van der Waals surface area contributed by atoms with Crippen LogP contribution in [0.1, 0.15) is 51.0 Å². The molecule has 1 aromatic carbocycles. The van der Waals surface area contributed by atoms with Gasteiger partial charge in [-0.05, 0) is 75.3 Å². The molecule has 1 atom stereocenters. The predicted molar refractivity (Wildman–Crippen MR) is 83.8 cm³/mol. The molecule has 0 saturated heterocycles. The van der Waals surface area contributed by atoms with E-state index in [1.54, 1.807) is 6.07 Å². The van der Waals surface area contributed by atoms with Crippen LogP contribution in [0.4, 0.5) is 0 Å². The maximum atomic E-state index is 9.94. The number of benzene rings is 1. The number of aromatic hydroxyl groups is 1. The minimum absolute atomic E-state index is 0. The molecule has 3 N–H and O–H groups in total. The number of halogens is 1. The van der Waals surface area contributed by atoms with E-state index in [9.17, 15) is 5.11 Å². The van der Waals surface area contributed by atoms with Crippen LogP contribution in [0.3, 0.4) is 0 Å². The molecule has 5 rings (SSSR count). The smallest absolute Gasteiger partial charge is 0.124 e. The second kappa shape index (κ2) is 6.05. The van der Waals surface area contributed by atoms with E-state index in [4.69, 9.17) is 0 Å². The van der Waals surface area contributed by atoms with Crippen LogP contribution in [0.25, 0.3) is 0 Å². The minimum Gasteiger partial charge on any atom is -1.00 e. The molecule has 1 unspecified atom stereocenters. The van der Waals surface area contributed by atoms with E-state index in [2.05, 4.69) is 18.3 Å². The molecule has 0 aromatic heterocycles. The summed E-state index contributed by atoms with van der Waals surface area (Å²) in [6.45, 7) is 3.35. The van der Waals surface area contributed by atoms with Gasteiger partial charge >= 0.3 is 0 Å². The highest BCUT2D eigenvalue weighted by atomic mass is 35.5. The maximum Gasteiger partial charge on any atom is 0.124 e. The van der Waals surface area contributed by atoms with Crippen molar-refractivity contribution in [1.82, 2.24) is 0 Å². The average molecular weight is 322 g/mol. The van der Waals surface area contributed by atoms with Crippen molar-refractivity contribution < 1.29 is 22.8 Å². The molecule has 0 spiro atoms. The van der Waals surface area contributed by atoms with Gasteiger partial charge in [0.05, 0.1) is 6.04 Å². The topological polar surface area (TPSA) is 36.8 Å².